The maximum absolute atomic E-state index is 12.1. The molecule has 1 N–H and O–H groups in total. The quantitative estimate of drug-likeness (QED) is 0.929. The van der Waals surface area contributed by atoms with E-state index < -0.39 is 0 Å². The number of aryl methyl sites for hydroxylation is 2. The van der Waals surface area contributed by atoms with Gasteiger partial charge in [0.2, 0.25) is 0 Å². The lowest BCUT2D eigenvalue weighted by atomic mass is 10.1. The Morgan fingerprint density at radius 1 is 1.30 bits per heavy atom. The summed E-state index contributed by atoms with van der Waals surface area (Å²) in [6, 6.07) is 8.50. The molecule has 0 aliphatic heterocycles. The van der Waals surface area contributed by atoms with E-state index in [9.17, 15) is 4.79 Å². The fraction of sp³-hybridized carbons (Fsp3) is 0.375. The molecular formula is C16H20N2OS. The molecule has 0 spiro atoms. The van der Waals surface area contributed by atoms with Gasteiger partial charge in [-0.25, -0.2) is 4.98 Å². The third-order valence-corrected chi connectivity index (χ3v) is 4.24. The molecule has 2 aromatic rings. The summed E-state index contributed by atoms with van der Waals surface area (Å²) in [5.74, 6) is -0.0357. The lowest BCUT2D eigenvalue weighted by Gasteiger charge is -2.06. The van der Waals surface area contributed by atoms with Crippen LogP contribution in [0.25, 0.3) is 10.6 Å². The van der Waals surface area contributed by atoms with Crippen molar-refractivity contribution in [2.75, 3.05) is 0 Å². The van der Waals surface area contributed by atoms with Crippen LogP contribution < -0.4 is 5.32 Å². The van der Waals surface area contributed by atoms with Crippen LogP contribution in [-0.2, 0) is 6.42 Å². The van der Waals surface area contributed by atoms with Gasteiger partial charge in [0.05, 0.1) is 5.69 Å². The van der Waals surface area contributed by atoms with Crippen LogP contribution in [0.5, 0.6) is 0 Å². The zero-order valence-corrected chi connectivity index (χ0v) is 13.2. The van der Waals surface area contributed by atoms with E-state index in [0.29, 0.717) is 4.88 Å². The van der Waals surface area contributed by atoms with Crippen LogP contribution in [-0.4, -0.2) is 16.9 Å². The van der Waals surface area contributed by atoms with Crippen LogP contribution in [0.15, 0.2) is 24.3 Å². The number of nitrogens with zero attached hydrogens (tertiary/aromatic N) is 1. The van der Waals surface area contributed by atoms with Gasteiger partial charge in [0.1, 0.15) is 9.88 Å². The molecule has 0 saturated carbocycles. The number of nitrogens with one attached hydrogen (secondary N) is 1. The second-order valence-electron chi connectivity index (χ2n) is 5.11. The molecule has 20 heavy (non-hydrogen) atoms. The lowest BCUT2D eigenvalue weighted by molar-refractivity contribution is 0.0946. The monoisotopic (exact) mass is 288 g/mol. The molecule has 0 unspecified atom stereocenters. The third-order valence-electron chi connectivity index (χ3n) is 3.03. The van der Waals surface area contributed by atoms with E-state index in [4.69, 9.17) is 0 Å². The normalized spacial score (nSPS) is 10.8. The van der Waals surface area contributed by atoms with Gasteiger partial charge in [-0.3, -0.25) is 4.79 Å². The van der Waals surface area contributed by atoms with Crippen molar-refractivity contribution in [2.24, 2.45) is 0 Å². The van der Waals surface area contributed by atoms with Gasteiger partial charge in [-0.15, -0.1) is 11.3 Å². The van der Waals surface area contributed by atoms with Crippen molar-refractivity contribution in [1.29, 1.82) is 0 Å². The van der Waals surface area contributed by atoms with E-state index in [-0.39, 0.29) is 11.9 Å². The predicted molar refractivity (Wildman–Crippen MR) is 84.3 cm³/mol. The summed E-state index contributed by atoms with van der Waals surface area (Å²) in [7, 11) is 0. The first kappa shape index (κ1) is 14.7. The van der Waals surface area contributed by atoms with Gasteiger partial charge in [0, 0.05) is 11.6 Å². The van der Waals surface area contributed by atoms with E-state index in [0.717, 1.165) is 22.7 Å². The molecule has 3 nitrogen and oxygen atoms in total. The largest absolute Gasteiger partial charge is 0.349 e. The Labute approximate surface area is 124 Å². The first-order chi connectivity index (χ1) is 9.51. The van der Waals surface area contributed by atoms with Gasteiger partial charge in [-0.05, 0) is 32.8 Å². The molecule has 4 heteroatoms. The summed E-state index contributed by atoms with van der Waals surface area (Å²) in [6.07, 6.45) is 1.03. The second-order valence-corrected chi connectivity index (χ2v) is 6.11. The highest BCUT2D eigenvalue weighted by Gasteiger charge is 2.16. The molecule has 2 rings (SSSR count). The highest BCUT2D eigenvalue weighted by molar-refractivity contribution is 7.17. The second kappa shape index (κ2) is 6.18. The number of carbonyl (C=O) groups is 1. The Balaban J connectivity index is 2.28. The van der Waals surface area contributed by atoms with E-state index >= 15 is 0 Å². The molecule has 0 saturated heterocycles. The standard InChI is InChI=1S/C16H20N2OS/c1-5-12-6-8-13(9-7-12)16-18-11(4)14(20-16)15(19)17-10(2)3/h6-10H,5H2,1-4H3,(H,17,19). The zero-order valence-electron chi connectivity index (χ0n) is 12.4. The molecule has 0 aliphatic carbocycles. The highest BCUT2D eigenvalue weighted by Crippen LogP contribution is 2.28. The van der Waals surface area contributed by atoms with Crippen molar-refractivity contribution >= 4 is 17.2 Å². The number of aromatic nitrogens is 1. The summed E-state index contributed by atoms with van der Waals surface area (Å²) >= 11 is 1.45. The van der Waals surface area contributed by atoms with Crippen molar-refractivity contribution in [3.8, 4) is 10.6 Å². The van der Waals surface area contributed by atoms with Gasteiger partial charge in [-0.1, -0.05) is 31.2 Å². The summed E-state index contributed by atoms with van der Waals surface area (Å²) < 4.78 is 0. The van der Waals surface area contributed by atoms with Crippen molar-refractivity contribution in [1.82, 2.24) is 10.3 Å². The fourth-order valence-corrected chi connectivity index (χ4v) is 2.92. The van der Waals surface area contributed by atoms with E-state index in [1.165, 1.54) is 16.9 Å². The molecule has 1 aromatic heterocycles. The summed E-state index contributed by atoms with van der Waals surface area (Å²) in [5, 5.41) is 3.82. The molecule has 1 heterocycles. The van der Waals surface area contributed by atoms with Crippen LogP contribution in [0, 0.1) is 6.92 Å². The van der Waals surface area contributed by atoms with Crippen molar-refractivity contribution in [3.05, 3.63) is 40.4 Å². The Hall–Kier alpha value is -1.68. The van der Waals surface area contributed by atoms with Crippen molar-refractivity contribution in [2.45, 2.75) is 40.2 Å². The van der Waals surface area contributed by atoms with Gasteiger partial charge in [0.15, 0.2) is 0 Å². The van der Waals surface area contributed by atoms with Gasteiger partial charge < -0.3 is 5.32 Å². The molecule has 0 fully saturated rings. The van der Waals surface area contributed by atoms with Crippen LogP contribution in [0.2, 0.25) is 0 Å². The average molecular weight is 288 g/mol. The minimum atomic E-state index is -0.0357. The molecular weight excluding hydrogens is 268 g/mol. The maximum Gasteiger partial charge on any atom is 0.263 e. The first-order valence-electron chi connectivity index (χ1n) is 6.88. The number of carbonyl (C=O) groups excluding carboxylic acids is 1. The Morgan fingerprint density at radius 3 is 2.50 bits per heavy atom. The van der Waals surface area contributed by atoms with Crippen molar-refractivity contribution in [3.63, 3.8) is 0 Å². The fourth-order valence-electron chi connectivity index (χ4n) is 1.94. The van der Waals surface area contributed by atoms with E-state index in [1.54, 1.807) is 0 Å². The van der Waals surface area contributed by atoms with Gasteiger partial charge >= 0.3 is 0 Å². The number of hydrogen-bond acceptors (Lipinski definition) is 3. The third kappa shape index (κ3) is 3.25. The minimum absolute atomic E-state index is 0.0357. The number of hydrogen-bond donors (Lipinski definition) is 1. The molecule has 0 aliphatic rings. The van der Waals surface area contributed by atoms with Crippen LogP contribution in [0.4, 0.5) is 0 Å². The molecule has 1 aromatic carbocycles. The topological polar surface area (TPSA) is 42.0 Å². The molecule has 106 valence electrons. The SMILES string of the molecule is CCc1ccc(-c2nc(C)c(C(=O)NC(C)C)s2)cc1. The first-order valence-corrected chi connectivity index (χ1v) is 7.70. The summed E-state index contributed by atoms with van der Waals surface area (Å²) in [5.41, 5.74) is 3.17. The van der Waals surface area contributed by atoms with Gasteiger partial charge in [0.25, 0.3) is 5.91 Å². The van der Waals surface area contributed by atoms with E-state index in [2.05, 4.69) is 41.5 Å². The maximum atomic E-state index is 12.1. The minimum Gasteiger partial charge on any atom is -0.349 e. The molecule has 0 bridgehead atoms. The molecule has 0 radical (unpaired) electrons. The number of amides is 1. The number of rotatable bonds is 4. The van der Waals surface area contributed by atoms with Crippen LogP contribution >= 0.6 is 11.3 Å². The Morgan fingerprint density at radius 2 is 1.95 bits per heavy atom. The summed E-state index contributed by atoms with van der Waals surface area (Å²) in [6.45, 7) is 7.93. The highest BCUT2D eigenvalue weighted by atomic mass is 32.1. The van der Waals surface area contributed by atoms with Crippen LogP contribution in [0.3, 0.4) is 0 Å². The summed E-state index contributed by atoms with van der Waals surface area (Å²) in [4.78, 5) is 17.3. The number of benzene rings is 1. The predicted octanol–water partition coefficient (Wildman–Crippen LogP) is 3.82. The number of thiazole rings is 1. The Kier molecular flexibility index (Phi) is 4.55. The van der Waals surface area contributed by atoms with Crippen LogP contribution in [0.1, 0.15) is 41.7 Å². The van der Waals surface area contributed by atoms with Gasteiger partial charge in [-0.2, -0.15) is 0 Å². The zero-order chi connectivity index (χ0) is 14.7. The molecule has 0 atom stereocenters. The smallest absolute Gasteiger partial charge is 0.263 e. The van der Waals surface area contributed by atoms with Crippen molar-refractivity contribution < 1.29 is 4.79 Å². The lowest BCUT2D eigenvalue weighted by Crippen LogP contribution is -2.29. The Bertz CT molecular complexity index is 599. The average Bonchev–Trinajstić information content (AvgIpc) is 2.80. The van der Waals surface area contributed by atoms with E-state index in [1.807, 2.05) is 20.8 Å². The molecule has 1 amide bonds.